The van der Waals surface area contributed by atoms with Crippen LogP contribution in [0, 0.1) is 19.7 Å². The molecule has 0 spiro atoms. The fourth-order valence-corrected chi connectivity index (χ4v) is 1.97. The van der Waals surface area contributed by atoms with E-state index in [4.69, 9.17) is 0 Å². The van der Waals surface area contributed by atoms with Crippen molar-refractivity contribution in [2.45, 2.75) is 20.3 Å². The van der Waals surface area contributed by atoms with Gasteiger partial charge in [0.25, 0.3) is 0 Å². The molecule has 0 atom stereocenters. The molecule has 2 aromatic rings. The van der Waals surface area contributed by atoms with Crippen molar-refractivity contribution in [1.82, 2.24) is 0 Å². The molecule has 0 heterocycles. The van der Waals surface area contributed by atoms with E-state index in [1.54, 1.807) is 25.1 Å². The van der Waals surface area contributed by atoms with Crippen LogP contribution in [0.2, 0.25) is 0 Å². The Morgan fingerprint density at radius 3 is 2.56 bits per heavy atom. The molecule has 2 heteroatoms. The Bertz CT molecular complexity index is 587. The minimum atomic E-state index is -0.407. The zero-order valence-electron chi connectivity index (χ0n) is 10.5. The molecule has 0 fully saturated rings. The maximum Gasteiger partial charge on any atom is 0.170 e. The lowest BCUT2D eigenvalue weighted by Crippen LogP contribution is -2.07. The van der Waals surface area contributed by atoms with E-state index in [1.165, 1.54) is 0 Å². The molecule has 92 valence electrons. The maximum absolute atomic E-state index is 13.8. The summed E-state index contributed by atoms with van der Waals surface area (Å²) >= 11 is 0. The molecule has 18 heavy (non-hydrogen) atoms. The van der Waals surface area contributed by atoms with Crippen LogP contribution < -0.4 is 0 Å². The SMILES string of the molecule is Cc1cccc(CC(=O)c2cccc(C)c2F)c1. The first kappa shape index (κ1) is 12.5. The van der Waals surface area contributed by atoms with Crippen LogP contribution in [0.3, 0.4) is 0 Å². The van der Waals surface area contributed by atoms with Crippen molar-refractivity contribution in [3.05, 3.63) is 70.5 Å². The number of Topliss-reactive ketones (excluding diaryl/α,β-unsaturated/α-hetero) is 1. The van der Waals surface area contributed by atoms with Gasteiger partial charge in [-0.05, 0) is 31.0 Å². The van der Waals surface area contributed by atoms with Gasteiger partial charge in [0.1, 0.15) is 5.82 Å². The largest absolute Gasteiger partial charge is 0.294 e. The first-order valence-electron chi connectivity index (χ1n) is 5.92. The standard InChI is InChI=1S/C16H15FO/c1-11-5-3-7-13(9-11)10-15(18)14-8-4-6-12(2)16(14)17/h3-9H,10H2,1-2H3. The molecule has 0 saturated heterocycles. The fourth-order valence-electron chi connectivity index (χ4n) is 1.97. The van der Waals surface area contributed by atoms with Gasteiger partial charge in [-0.2, -0.15) is 0 Å². The number of rotatable bonds is 3. The third-order valence-electron chi connectivity index (χ3n) is 2.94. The molecule has 2 aromatic carbocycles. The summed E-state index contributed by atoms with van der Waals surface area (Å²) in [4.78, 5) is 12.1. The summed E-state index contributed by atoms with van der Waals surface area (Å²) in [6.45, 7) is 3.64. The summed E-state index contributed by atoms with van der Waals surface area (Å²) in [5.41, 5.74) is 2.70. The first-order valence-corrected chi connectivity index (χ1v) is 5.92. The lowest BCUT2D eigenvalue weighted by atomic mass is 10.00. The highest BCUT2D eigenvalue weighted by atomic mass is 19.1. The molecule has 0 aliphatic heterocycles. The van der Waals surface area contributed by atoms with Crippen molar-refractivity contribution in [3.63, 3.8) is 0 Å². The topological polar surface area (TPSA) is 17.1 Å². The molecule has 0 amide bonds. The van der Waals surface area contributed by atoms with Gasteiger partial charge in [-0.15, -0.1) is 0 Å². The van der Waals surface area contributed by atoms with Gasteiger partial charge < -0.3 is 0 Å². The molecule has 0 N–H and O–H groups in total. The molecular weight excluding hydrogens is 227 g/mol. The van der Waals surface area contributed by atoms with Crippen molar-refractivity contribution < 1.29 is 9.18 Å². The van der Waals surface area contributed by atoms with Gasteiger partial charge in [0.2, 0.25) is 0 Å². The van der Waals surface area contributed by atoms with Gasteiger partial charge >= 0.3 is 0 Å². The Hall–Kier alpha value is -1.96. The second-order valence-corrected chi connectivity index (χ2v) is 4.53. The lowest BCUT2D eigenvalue weighted by molar-refractivity contribution is 0.0989. The van der Waals surface area contributed by atoms with Crippen molar-refractivity contribution in [2.24, 2.45) is 0 Å². The van der Waals surface area contributed by atoms with E-state index in [-0.39, 0.29) is 17.8 Å². The van der Waals surface area contributed by atoms with Crippen molar-refractivity contribution in [2.75, 3.05) is 0 Å². The van der Waals surface area contributed by atoms with Gasteiger partial charge in [-0.1, -0.05) is 42.0 Å². The predicted octanol–water partition coefficient (Wildman–Crippen LogP) is 3.87. The summed E-state index contributed by atoms with van der Waals surface area (Å²) in [6, 6.07) is 12.6. The van der Waals surface area contributed by atoms with Crippen LogP contribution in [0.1, 0.15) is 27.0 Å². The normalized spacial score (nSPS) is 10.4. The summed E-state index contributed by atoms with van der Waals surface area (Å²) in [5.74, 6) is -0.586. The average molecular weight is 242 g/mol. The zero-order chi connectivity index (χ0) is 13.1. The number of aryl methyl sites for hydroxylation is 2. The van der Waals surface area contributed by atoms with Crippen LogP contribution in [0.25, 0.3) is 0 Å². The van der Waals surface area contributed by atoms with Crippen molar-refractivity contribution in [3.8, 4) is 0 Å². The van der Waals surface area contributed by atoms with E-state index >= 15 is 0 Å². The highest BCUT2D eigenvalue weighted by Crippen LogP contribution is 2.15. The monoisotopic (exact) mass is 242 g/mol. The first-order chi connectivity index (χ1) is 8.58. The van der Waals surface area contributed by atoms with Crippen LogP contribution in [0.15, 0.2) is 42.5 Å². The molecule has 0 unspecified atom stereocenters. The predicted molar refractivity (Wildman–Crippen MR) is 70.4 cm³/mol. The molecule has 0 aromatic heterocycles. The van der Waals surface area contributed by atoms with E-state index in [9.17, 15) is 9.18 Å². The van der Waals surface area contributed by atoms with Gasteiger partial charge in [0, 0.05) is 6.42 Å². The van der Waals surface area contributed by atoms with Crippen molar-refractivity contribution >= 4 is 5.78 Å². The second kappa shape index (κ2) is 5.13. The molecule has 0 aliphatic carbocycles. The molecule has 2 rings (SSSR count). The van der Waals surface area contributed by atoms with Gasteiger partial charge in [0.05, 0.1) is 5.56 Å². The number of hydrogen-bond donors (Lipinski definition) is 0. The molecular formula is C16H15FO. The van der Waals surface area contributed by atoms with Crippen LogP contribution in [0.4, 0.5) is 4.39 Å². The fraction of sp³-hybridized carbons (Fsp3) is 0.188. The number of ketones is 1. The van der Waals surface area contributed by atoms with Crippen LogP contribution >= 0.6 is 0 Å². The van der Waals surface area contributed by atoms with E-state index in [0.717, 1.165) is 11.1 Å². The number of hydrogen-bond acceptors (Lipinski definition) is 1. The van der Waals surface area contributed by atoms with E-state index in [2.05, 4.69) is 0 Å². The molecule has 1 nitrogen and oxygen atoms in total. The highest BCUT2D eigenvalue weighted by molar-refractivity contribution is 5.97. The minimum Gasteiger partial charge on any atom is -0.294 e. The summed E-state index contributed by atoms with van der Waals surface area (Å²) in [6.07, 6.45) is 0.238. The van der Waals surface area contributed by atoms with Gasteiger partial charge in [-0.3, -0.25) is 4.79 Å². The Labute approximate surface area is 106 Å². The number of benzene rings is 2. The van der Waals surface area contributed by atoms with Crippen molar-refractivity contribution in [1.29, 1.82) is 0 Å². The smallest absolute Gasteiger partial charge is 0.170 e. The number of carbonyl (C=O) groups excluding carboxylic acids is 1. The molecule has 0 bridgehead atoms. The second-order valence-electron chi connectivity index (χ2n) is 4.53. The molecule has 0 aliphatic rings. The summed E-state index contributed by atoms with van der Waals surface area (Å²) in [5, 5.41) is 0. The van der Waals surface area contributed by atoms with E-state index in [1.807, 2.05) is 31.2 Å². The molecule has 0 saturated carbocycles. The van der Waals surface area contributed by atoms with Gasteiger partial charge in [0.15, 0.2) is 5.78 Å². The Morgan fingerprint density at radius 1 is 1.11 bits per heavy atom. The highest BCUT2D eigenvalue weighted by Gasteiger charge is 2.13. The summed E-state index contributed by atoms with van der Waals surface area (Å²) in [7, 11) is 0. The lowest BCUT2D eigenvalue weighted by Gasteiger charge is -2.05. The number of halogens is 1. The Kier molecular flexibility index (Phi) is 3.56. The molecule has 0 radical (unpaired) electrons. The Morgan fingerprint density at radius 2 is 1.83 bits per heavy atom. The minimum absolute atomic E-state index is 0.177. The van der Waals surface area contributed by atoms with Crippen LogP contribution in [-0.2, 0) is 6.42 Å². The maximum atomic E-state index is 13.8. The number of carbonyl (C=O) groups is 1. The zero-order valence-corrected chi connectivity index (χ0v) is 10.5. The average Bonchev–Trinajstić information content (AvgIpc) is 2.32. The van der Waals surface area contributed by atoms with Crippen LogP contribution in [0.5, 0.6) is 0 Å². The van der Waals surface area contributed by atoms with Gasteiger partial charge in [-0.25, -0.2) is 4.39 Å². The quantitative estimate of drug-likeness (QED) is 0.747. The van der Waals surface area contributed by atoms with E-state index in [0.29, 0.717) is 5.56 Å². The Balaban J connectivity index is 2.25. The summed E-state index contributed by atoms with van der Waals surface area (Å²) < 4.78 is 13.8. The van der Waals surface area contributed by atoms with Crippen LogP contribution in [-0.4, -0.2) is 5.78 Å². The third kappa shape index (κ3) is 2.65. The van der Waals surface area contributed by atoms with E-state index < -0.39 is 5.82 Å². The third-order valence-corrected chi connectivity index (χ3v) is 2.94.